The quantitative estimate of drug-likeness (QED) is 0.897. The number of nitrogens with two attached hydrogens (primary N) is 1. The van der Waals surface area contributed by atoms with Gasteiger partial charge in [0.25, 0.3) is 0 Å². The van der Waals surface area contributed by atoms with Crippen molar-refractivity contribution in [1.29, 1.82) is 0 Å². The molecular formula is C13H19NO2S. The Balaban J connectivity index is 2.12. The zero-order valence-electron chi connectivity index (χ0n) is 10.1. The topological polar surface area (TPSA) is 52.3 Å². The lowest BCUT2D eigenvalue weighted by Crippen LogP contribution is -2.40. The van der Waals surface area contributed by atoms with E-state index in [1.54, 1.807) is 7.11 Å². The summed E-state index contributed by atoms with van der Waals surface area (Å²) in [6, 6.07) is 7.52. The third-order valence-electron chi connectivity index (χ3n) is 3.32. The molecule has 0 bridgehead atoms. The summed E-state index contributed by atoms with van der Waals surface area (Å²) in [6.45, 7) is 0. The first-order chi connectivity index (χ1) is 8.22. The van der Waals surface area contributed by atoms with Crippen LogP contribution < -0.4 is 10.5 Å². The van der Waals surface area contributed by atoms with Crippen molar-refractivity contribution in [3.8, 4) is 5.75 Å². The van der Waals surface area contributed by atoms with Gasteiger partial charge in [-0.05, 0) is 37.1 Å². The van der Waals surface area contributed by atoms with Crippen LogP contribution in [0.5, 0.6) is 5.75 Å². The van der Waals surface area contributed by atoms with E-state index in [2.05, 4.69) is 0 Å². The summed E-state index contributed by atoms with van der Waals surface area (Å²) >= 11 is 0. The van der Waals surface area contributed by atoms with Gasteiger partial charge in [0.15, 0.2) is 0 Å². The molecule has 1 aromatic carbocycles. The van der Waals surface area contributed by atoms with E-state index >= 15 is 0 Å². The minimum atomic E-state index is -0.991. The van der Waals surface area contributed by atoms with Crippen LogP contribution in [-0.4, -0.2) is 22.6 Å². The van der Waals surface area contributed by atoms with Gasteiger partial charge in [-0.3, -0.25) is 4.21 Å². The fraction of sp³-hybridized carbons (Fsp3) is 0.538. The first kappa shape index (κ1) is 12.6. The molecule has 2 N–H and O–H groups in total. The molecule has 3 nitrogen and oxygen atoms in total. The highest BCUT2D eigenvalue weighted by Crippen LogP contribution is 2.26. The molecule has 17 heavy (non-hydrogen) atoms. The Kier molecular flexibility index (Phi) is 4.18. The van der Waals surface area contributed by atoms with Crippen molar-refractivity contribution in [2.24, 2.45) is 5.73 Å². The molecule has 2 rings (SSSR count). The number of hydrogen-bond acceptors (Lipinski definition) is 3. The normalized spacial score (nSPS) is 26.5. The lowest BCUT2D eigenvalue weighted by molar-refractivity contribution is 0.414. The molecule has 1 aliphatic rings. The molecule has 1 fully saturated rings. The van der Waals surface area contributed by atoms with E-state index in [0.717, 1.165) is 36.3 Å². The fourth-order valence-electron chi connectivity index (χ4n) is 2.28. The highest BCUT2D eigenvalue weighted by molar-refractivity contribution is 7.85. The Morgan fingerprint density at radius 1 is 1.24 bits per heavy atom. The lowest BCUT2D eigenvalue weighted by Gasteiger charge is -2.27. The average molecular weight is 253 g/mol. The minimum absolute atomic E-state index is 0.0756. The van der Waals surface area contributed by atoms with Gasteiger partial charge < -0.3 is 10.5 Å². The SMILES string of the molecule is COc1ccc(S(=O)C2CCCCC2N)cc1. The molecular weight excluding hydrogens is 234 g/mol. The van der Waals surface area contributed by atoms with Gasteiger partial charge in [-0.25, -0.2) is 0 Å². The summed E-state index contributed by atoms with van der Waals surface area (Å²) < 4.78 is 17.5. The Labute approximate surface area is 105 Å². The molecule has 0 aliphatic heterocycles. The van der Waals surface area contributed by atoms with Crippen LogP contribution >= 0.6 is 0 Å². The maximum atomic E-state index is 12.4. The van der Waals surface area contributed by atoms with Crippen molar-refractivity contribution >= 4 is 10.8 Å². The maximum Gasteiger partial charge on any atom is 0.118 e. The van der Waals surface area contributed by atoms with Crippen LogP contribution in [0.3, 0.4) is 0 Å². The highest BCUT2D eigenvalue weighted by atomic mass is 32.2. The number of hydrogen-bond donors (Lipinski definition) is 1. The van der Waals surface area contributed by atoms with Gasteiger partial charge in [0.2, 0.25) is 0 Å². The molecule has 0 heterocycles. The second-order valence-electron chi connectivity index (χ2n) is 4.46. The Hall–Kier alpha value is -0.870. The summed E-state index contributed by atoms with van der Waals surface area (Å²) in [5, 5.41) is 0.108. The molecule has 0 spiro atoms. The first-order valence-electron chi connectivity index (χ1n) is 6.02. The molecule has 94 valence electrons. The van der Waals surface area contributed by atoms with Crippen molar-refractivity contribution in [2.45, 2.75) is 41.9 Å². The Morgan fingerprint density at radius 3 is 2.47 bits per heavy atom. The predicted octanol–water partition coefficient (Wildman–Crippen LogP) is 2.07. The monoisotopic (exact) mass is 253 g/mol. The first-order valence-corrected chi connectivity index (χ1v) is 7.24. The Bertz CT molecular complexity index is 391. The molecule has 0 saturated heterocycles. The van der Waals surface area contributed by atoms with Crippen LogP contribution in [0, 0.1) is 0 Å². The molecule has 0 radical (unpaired) electrons. The number of rotatable bonds is 3. The maximum absolute atomic E-state index is 12.4. The zero-order valence-corrected chi connectivity index (χ0v) is 10.9. The van der Waals surface area contributed by atoms with Crippen LogP contribution in [0.25, 0.3) is 0 Å². The van der Waals surface area contributed by atoms with Gasteiger partial charge in [-0.1, -0.05) is 12.8 Å². The molecule has 0 amide bonds. The van der Waals surface area contributed by atoms with Gasteiger partial charge in [0.1, 0.15) is 5.75 Å². The smallest absolute Gasteiger partial charge is 0.118 e. The Morgan fingerprint density at radius 2 is 1.88 bits per heavy atom. The standard InChI is InChI=1S/C13H19NO2S/c1-16-10-6-8-11(9-7-10)17(15)13-5-3-2-4-12(13)14/h6-9,12-13H,2-5,14H2,1H3. The summed E-state index contributed by atoms with van der Waals surface area (Å²) in [7, 11) is 0.637. The highest BCUT2D eigenvalue weighted by Gasteiger charge is 2.27. The third kappa shape index (κ3) is 2.87. The van der Waals surface area contributed by atoms with Crippen molar-refractivity contribution < 1.29 is 8.95 Å². The third-order valence-corrected chi connectivity index (χ3v) is 5.19. The van der Waals surface area contributed by atoms with Crippen molar-refractivity contribution in [3.05, 3.63) is 24.3 Å². The van der Waals surface area contributed by atoms with Crippen LogP contribution in [0.15, 0.2) is 29.2 Å². The number of benzene rings is 1. The molecule has 4 heteroatoms. The van der Waals surface area contributed by atoms with Gasteiger partial charge in [0.05, 0.1) is 23.2 Å². The summed E-state index contributed by atoms with van der Waals surface area (Å²) in [5.41, 5.74) is 6.06. The van der Waals surface area contributed by atoms with Crippen LogP contribution in [-0.2, 0) is 10.8 Å². The second-order valence-corrected chi connectivity index (χ2v) is 6.13. The van der Waals surface area contributed by atoms with E-state index in [4.69, 9.17) is 10.5 Å². The molecule has 3 atom stereocenters. The molecule has 1 saturated carbocycles. The van der Waals surface area contributed by atoms with Gasteiger partial charge in [0, 0.05) is 10.9 Å². The predicted molar refractivity (Wildman–Crippen MR) is 69.6 cm³/mol. The zero-order chi connectivity index (χ0) is 12.3. The second kappa shape index (κ2) is 5.65. The van der Waals surface area contributed by atoms with Crippen molar-refractivity contribution in [1.82, 2.24) is 0 Å². The van der Waals surface area contributed by atoms with Crippen LogP contribution in [0.2, 0.25) is 0 Å². The number of methoxy groups -OCH3 is 1. The largest absolute Gasteiger partial charge is 0.497 e. The van der Waals surface area contributed by atoms with E-state index in [9.17, 15) is 4.21 Å². The van der Waals surface area contributed by atoms with Gasteiger partial charge in [-0.15, -0.1) is 0 Å². The minimum Gasteiger partial charge on any atom is -0.497 e. The van der Waals surface area contributed by atoms with E-state index in [0.29, 0.717) is 0 Å². The van der Waals surface area contributed by atoms with Crippen molar-refractivity contribution in [3.63, 3.8) is 0 Å². The van der Waals surface area contributed by atoms with E-state index in [1.807, 2.05) is 24.3 Å². The fourth-order valence-corrected chi connectivity index (χ4v) is 3.86. The summed E-state index contributed by atoms with van der Waals surface area (Å²) in [6.07, 6.45) is 4.27. The summed E-state index contributed by atoms with van der Waals surface area (Å²) in [4.78, 5) is 0.855. The molecule has 3 unspecified atom stereocenters. The van der Waals surface area contributed by atoms with E-state index in [-0.39, 0.29) is 11.3 Å². The molecule has 1 aliphatic carbocycles. The summed E-state index contributed by atoms with van der Waals surface area (Å²) in [5.74, 6) is 0.790. The average Bonchev–Trinajstić information content (AvgIpc) is 2.39. The lowest BCUT2D eigenvalue weighted by atomic mass is 9.96. The molecule has 1 aromatic rings. The van der Waals surface area contributed by atoms with E-state index < -0.39 is 10.8 Å². The van der Waals surface area contributed by atoms with Crippen molar-refractivity contribution in [2.75, 3.05) is 7.11 Å². The van der Waals surface area contributed by atoms with Crippen LogP contribution in [0.1, 0.15) is 25.7 Å². The van der Waals surface area contributed by atoms with Crippen LogP contribution in [0.4, 0.5) is 0 Å². The molecule has 0 aromatic heterocycles. The van der Waals surface area contributed by atoms with E-state index in [1.165, 1.54) is 0 Å². The number of ether oxygens (including phenoxy) is 1. The van der Waals surface area contributed by atoms with Gasteiger partial charge >= 0.3 is 0 Å². The van der Waals surface area contributed by atoms with Gasteiger partial charge in [-0.2, -0.15) is 0 Å².